The van der Waals surface area contributed by atoms with Crippen LogP contribution in [-0.2, 0) is 0 Å². The highest BCUT2D eigenvalue weighted by atomic mass is 32.1. The lowest BCUT2D eigenvalue weighted by atomic mass is 9.94. The van der Waals surface area contributed by atoms with Crippen LogP contribution in [0.4, 0.5) is 24.0 Å². The summed E-state index contributed by atoms with van der Waals surface area (Å²) in [5.41, 5.74) is 6.48. The van der Waals surface area contributed by atoms with Gasteiger partial charge in [-0.15, -0.1) is 11.3 Å². The highest BCUT2D eigenvalue weighted by molar-refractivity contribution is 7.23. The van der Waals surface area contributed by atoms with Gasteiger partial charge in [0.2, 0.25) is 0 Å². The number of hydrogen-bond donors (Lipinski definition) is 1. The molecule has 2 N–H and O–H groups in total. The number of nitriles is 1. The van der Waals surface area contributed by atoms with Crippen LogP contribution in [0.5, 0.6) is 6.01 Å². The number of halogens is 3. The largest absolute Gasteiger partial charge is 0.461 e. The summed E-state index contributed by atoms with van der Waals surface area (Å²) in [4.78, 5) is 16.5. The molecule has 4 atom stereocenters. The van der Waals surface area contributed by atoms with Crippen molar-refractivity contribution in [3.63, 3.8) is 0 Å². The molecule has 4 fully saturated rings. The fourth-order valence-corrected chi connectivity index (χ4v) is 10.00. The van der Waals surface area contributed by atoms with Crippen molar-refractivity contribution < 1.29 is 22.3 Å². The number of aryl methyl sites for hydroxylation is 1. The Labute approximate surface area is 278 Å². The van der Waals surface area contributed by atoms with Gasteiger partial charge >= 0.3 is 6.01 Å². The minimum Gasteiger partial charge on any atom is -0.461 e. The number of benzene rings is 2. The van der Waals surface area contributed by atoms with Crippen LogP contribution in [0.2, 0.25) is 0 Å². The number of nitrogen functional groups attached to an aromatic ring is 1. The first-order chi connectivity index (χ1) is 23.2. The van der Waals surface area contributed by atoms with E-state index >= 15 is 8.78 Å². The van der Waals surface area contributed by atoms with Crippen molar-refractivity contribution in [2.75, 3.05) is 50.5 Å². The molecule has 2 aromatic carbocycles. The monoisotopic (exact) mass is 673 g/mol. The molecule has 0 amide bonds. The summed E-state index contributed by atoms with van der Waals surface area (Å²) < 4.78 is 59.9. The minimum atomic E-state index is -0.919. The van der Waals surface area contributed by atoms with Gasteiger partial charge in [-0.1, -0.05) is 6.07 Å². The van der Waals surface area contributed by atoms with Gasteiger partial charge < -0.3 is 24.7 Å². The third-order valence-electron chi connectivity index (χ3n) is 11.0. The smallest absolute Gasteiger partial charge is 0.319 e. The highest BCUT2D eigenvalue weighted by Crippen LogP contribution is 2.49. The van der Waals surface area contributed by atoms with E-state index in [1.807, 2.05) is 6.07 Å². The highest BCUT2D eigenvalue weighted by Gasteiger charge is 2.49. The van der Waals surface area contributed by atoms with Crippen LogP contribution < -0.4 is 15.4 Å². The van der Waals surface area contributed by atoms with Crippen molar-refractivity contribution in [1.82, 2.24) is 19.8 Å². The summed E-state index contributed by atoms with van der Waals surface area (Å²) in [7, 11) is 2.11. The van der Waals surface area contributed by atoms with Crippen molar-refractivity contribution in [2.45, 2.75) is 62.8 Å². The second kappa shape index (κ2) is 10.7. The Kier molecular flexibility index (Phi) is 6.68. The first kappa shape index (κ1) is 30.0. The summed E-state index contributed by atoms with van der Waals surface area (Å²) in [6.45, 7) is 4.88. The Morgan fingerprint density at radius 3 is 2.73 bits per heavy atom. The van der Waals surface area contributed by atoms with E-state index in [9.17, 15) is 9.65 Å². The number of thiophene rings is 1. The molecule has 7 heterocycles. The van der Waals surface area contributed by atoms with Gasteiger partial charge in [0, 0.05) is 48.9 Å². The molecule has 4 saturated heterocycles. The second-order valence-electron chi connectivity index (χ2n) is 14.0. The molecule has 9 rings (SSSR count). The normalized spacial score (nSPS) is 25.9. The molecule has 3 aromatic heterocycles. The summed E-state index contributed by atoms with van der Waals surface area (Å²) in [6.07, 6.45) is 3.20. The molecule has 5 aromatic rings. The molecule has 0 aliphatic carbocycles. The molecule has 48 heavy (non-hydrogen) atoms. The molecule has 4 aliphatic rings. The number of alkyl halides is 1. The van der Waals surface area contributed by atoms with Gasteiger partial charge in [0.1, 0.15) is 52.3 Å². The van der Waals surface area contributed by atoms with E-state index in [4.69, 9.17) is 24.9 Å². The van der Waals surface area contributed by atoms with Gasteiger partial charge in [0.15, 0.2) is 5.82 Å². The summed E-state index contributed by atoms with van der Waals surface area (Å²) >= 11 is 0.956. The van der Waals surface area contributed by atoms with Gasteiger partial charge in [0.25, 0.3) is 0 Å². The minimum absolute atomic E-state index is 0.0329. The predicted molar refractivity (Wildman–Crippen MR) is 179 cm³/mol. The quantitative estimate of drug-likeness (QED) is 0.223. The van der Waals surface area contributed by atoms with Crippen molar-refractivity contribution in [3.05, 3.63) is 41.2 Å². The number of hydrogen-bond acceptors (Lipinski definition) is 10. The topological polar surface area (TPSA) is 108 Å². The average Bonchev–Trinajstić information content (AvgIpc) is 3.84. The Morgan fingerprint density at radius 2 is 1.96 bits per heavy atom. The zero-order valence-electron chi connectivity index (χ0n) is 26.7. The molecule has 0 saturated carbocycles. The Bertz CT molecular complexity index is 2180. The summed E-state index contributed by atoms with van der Waals surface area (Å²) in [5, 5.41) is 11.5. The van der Waals surface area contributed by atoms with Crippen LogP contribution in [0.25, 0.3) is 43.1 Å². The van der Waals surface area contributed by atoms with E-state index in [1.165, 1.54) is 12.1 Å². The van der Waals surface area contributed by atoms with Crippen LogP contribution in [0, 0.1) is 29.9 Å². The second-order valence-corrected chi connectivity index (χ2v) is 15.0. The van der Waals surface area contributed by atoms with Gasteiger partial charge in [-0.05, 0) is 63.9 Å². The van der Waals surface area contributed by atoms with E-state index in [0.29, 0.717) is 35.3 Å². The summed E-state index contributed by atoms with van der Waals surface area (Å²) in [6, 6.07) is 7.04. The number of furan rings is 1. The lowest BCUT2D eigenvalue weighted by Gasteiger charge is -2.40. The lowest BCUT2D eigenvalue weighted by Crippen LogP contribution is -2.53. The van der Waals surface area contributed by atoms with E-state index in [2.05, 4.69) is 27.8 Å². The summed E-state index contributed by atoms with van der Waals surface area (Å²) in [5.74, 6) is -0.0941. The third-order valence-corrected chi connectivity index (χ3v) is 12.0. The molecule has 2 bridgehead atoms. The van der Waals surface area contributed by atoms with E-state index in [0.717, 1.165) is 56.7 Å². The number of likely N-dealkylation sites (tertiary alicyclic amines) is 1. The van der Waals surface area contributed by atoms with Gasteiger partial charge in [0.05, 0.1) is 26.8 Å². The van der Waals surface area contributed by atoms with Crippen molar-refractivity contribution >= 4 is 54.1 Å². The maximum absolute atomic E-state index is 17.5. The SMILES string of the molecule is Cc1cc2c(o1)c(-c1ccc(F)c3sc(N)c(C#N)c13)c(F)c1nc(OC[C@@]34CCCN3C[C@H](F)C4)nc(N3[C@@H]4CC[C@H]3CN(C)C4)c12. The van der Waals surface area contributed by atoms with Crippen molar-refractivity contribution in [2.24, 2.45) is 0 Å². The molecule has 4 aliphatic heterocycles. The molecule has 0 spiro atoms. The fourth-order valence-electron chi connectivity index (χ4n) is 9.05. The molecule has 0 unspecified atom stereocenters. The first-order valence-electron chi connectivity index (χ1n) is 16.5. The Hall–Kier alpha value is -4.12. The van der Waals surface area contributed by atoms with E-state index in [1.54, 1.807) is 6.92 Å². The zero-order valence-corrected chi connectivity index (χ0v) is 27.5. The molecule has 13 heteroatoms. The number of ether oxygens (including phenoxy) is 1. The van der Waals surface area contributed by atoms with E-state index in [-0.39, 0.29) is 67.6 Å². The number of fused-ring (bicyclic) bond motifs is 7. The zero-order chi connectivity index (χ0) is 33.1. The van der Waals surface area contributed by atoms with E-state index < -0.39 is 23.3 Å². The molecule has 0 radical (unpaired) electrons. The number of nitrogens with zero attached hydrogens (tertiary/aromatic N) is 6. The lowest BCUT2D eigenvalue weighted by molar-refractivity contribution is 0.107. The van der Waals surface area contributed by atoms with Crippen LogP contribution in [0.15, 0.2) is 22.6 Å². The maximum Gasteiger partial charge on any atom is 0.319 e. The number of aromatic nitrogens is 2. The van der Waals surface area contributed by atoms with Crippen LogP contribution in [-0.4, -0.2) is 83.4 Å². The maximum atomic E-state index is 17.5. The third kappa shape index (κ3) is 4.28. The van der Waals surface area contributed by atoms with Gasteiger partial charge in [-0.2, -0.15) is 15.2 Å². The Morgan fingerprint density at radius 1 is 1.17 bits per heavy atom. The number of rotatable bonds is 5. The number of likely N-dealkylation sites (N-methyl/N-ethyl adjacent to an activating group) is 1. The molecule has 248 valence electrons. The standard InChI is InChI=1S/C35H34F3N7O2S/c1-17-10-22-27-29(28(38)26(30(22)47-17)21-6-7-24(37)31-25(21)23(12-39)32(40)48-31)41-34(46-16-35-8-3-9-44(35)13-18(36)11-35)42-33(27)45-19-4-5-20(45)15-43(2)14-19/h6-7,10,18-20H,3-5,8-9,11,13-16,40H2,1-2H3/t18-,19-,20+,35+/m1/s1. The van der Waals surface area contributed by atoms with Crippen molar-refractivity contribution in [3.8, 4) is 23.2 Å². The van der Waals surface area contributed by atoms with Crippen LogP contribution in [0.3, 0.4) is 0 Å². The number of piperazine rings is 1. The van der Waals surface area contributed by atoms with Crippen molar-refractivity contribution in [1.29, 1.82) is 5.26 Å². The van der Waals surface area contributed by atoms with Gasteiger partial charge in [-0.25, -0.2) is 13.2 Å². The molecular weight excluding hydrogens is 639 g/mol. The van der Waals surface area contributed by atoms with Gasteiger partial charge in [-0.3, -0.25) is 4.90 Å². The predicted octanol–water partition coefficient (Wildman–Crippen LogP) is 6.54. The number of anilines is 2. The van der Waals surface area contributed by atoms with Crippen LogP contribution in [0.1, 0.15) is 43.4 Å². The first-order valence-corrected chi connectivity index (χ1v) is 17.3. The molecule has 9 nitrogen and oxygen atoms in total. The average molecular weight is 674 g/mol. The molecular formula is C35H34F3N7O2S. The number of nitrogens with two attached hydrogens (primary N) is 1. The Balaban J connectivity index is 1.30. The van der Waals surface area contributed by atoms with Crippen LogP contribution >= 0.6 is 11.3 Å². The fraction of sp³-hybridized carbons (Fsp3) is 0.457.